The molecule has 0 saturated carbocycles. The fourth-order valence-corrected chi connectivity index (χ4v) is 2.88. The Balaban J connectivity index is 2.00. The Morgan fingerprint density at radius 2 is 2.22 bits per heavy atom. The van der Waals surface area contributed by atoms with Crippen LogP contribution in [0.15, 0.2) is 24.3 Å². The molecule has 18 heavy (non-hydrogen) atoms. The van der Waals surface area contributed by atoms with Crippen LogP contribution in [0.3, 0.4) is 0 Å². The van der Waals surface area contributed by atoms with Gasteiger partial charge in [0, 0.05) is 30.7 Å². The molecule has 0 unspecified atom stereocenters. The normalized spacial score (nSPS) is 15.8. The van der Waals surface area contributed by atoms with Gasteiger partial charge in [-0.05, 0) is 12.1 Å². The highest BCUT2D eigenvalue weighted by atomic mass is 35.5. The molecule has 1 aliphatic rings. The molecule has 0 fully saturated rings. The predicted molar refractivity (Wildman–Crippen MR) is 69.9 cm³/mol. The van der Waals surface area contributed by atoms with Gasteiger partial charge >= 0.3 is 5.97 Å². The van der Waals surface area contributed by atoms with Crippen LogP contribution in [0.5, 0.6) is 0 Å². The molecule has 2 aromatic rings. The van der Waals surface area contributed by atoms with Crippen molar-refractivity contribution in [1.82, 2.24) is 9.47 Å². The third-order valence-electron chi connectivity index (χ3n) is 3.34. The molecule has 0 saturated heterocycles. The summed E-state index contributed by atoms with van der Waals surface area (Å²) in [6, 6.07) is 7.95. The van der Waals surface area contributed by atoms with Crippen molar-refractivity contribution in [1.29, 1.82) is 0 Å². The van der Waals surface area contributed by atoms with Crippen LogP contribution >= 0.6 is 11.6 Å². The molecule has 0 spiro atoms. The van der Waals surface area contributed by atoms with Crippen molar-refractivity contribution in [3.8, 4) is 0 Å². The number of aliphatic carboxylic acids is 1. The molecule has 4 nitrogen and oxygen atoms in total. The standard InChI is InChI=1S/C13H13ClN2O2/c14-11-3-1-2-9-6-10-7-15(8-12(17)18)4-5-16(10)13(9)11/h1-3,6H,4-5,7-8H2,(H,17,18). The Bertz CT molecular complexity index is 621. The zero-order valence-electron chi connectivity index (χ0n) is 9.77. The molecular formula is C13H13ClN2O2. The van der Waals surface area contributed by atoms with Crippen LogP contribution in [0.4, 0.5) is 0 Å². The zero-order valence-corrected chi connectivity index (χ0v) is 10.5. The van der Waals surface area contributed by atoms with Crippen molar-refractivity contribution in [2.24, 2.45) is 0 Å². The molecule has 0 atom stereocenters. The monoisotopic (exact) mass is 264 g/mol. The third kappa shape index (κ3) is 1.87. The number of carboxylic acids is 1. The second kappa shape index (κ2) is 4.30. The molecular weight excluding hydrogens is 252 g/mol. The lowest BCUT2D eigenvalue weighted by Crippen LogP contribution is -2.36. The average Bonchev–Trinajstić information content (AvgIpc) is 2.66. The Morgan fingerprint density at radius 3 is 3.00 bits per heavy atom. The maximum absolute atomic E-state index is 10.7. The second-order valence-electron chi connectivity index (χ2n) is 4.57. The van der Waals surface area contributed by atoms with E-state index in [1.54, 1.807) is 0 Å². The number of nitrogens with zero attached hydrogens (tertiary/aromatic N) is 2. The van der Waals surface area contributed by atoms with Gasteiger partial charge in [-0.1, -0.05) is 23.7 Å². The molecule has 1 aromatic heterocycles. The van der Waals surface area contributed by atoms with E-state index in [4.69, 9.17) is 16.7 Å². The van der Waals surface area contributed by atoms with E-state index in [2.05, 4.69) is 10.6 Å². The third-order valence-corrected chi connectivity index (χ3v) is 3.65. The summed E-state index contributed by atoms with van der Waals surface area (Å²) in [6.45, 7) is 2.29. The molecule has 0 bridgehead atoms. The summed E-state index contributed by atoms with van der Waals surface area (Å²) in [5.41, 5.74) is 2.19. The van der Waals surface area contributed by atoms with E-state index in [1.165, 1.54) is 0 Å². The molecule has 2 heterocycles. The van der Waals surface area contributed by atoms with E-state index in [-0.39, 0.29) is 6.54 Å². The Labute approximate surface area is 109 Å². The smallest absolute Gasteiger partial charge is 0.317 e. The van der Waals surface area contributed by atoms with Crippen LogP contribution in [0.2, 0.25) is 5.02 Å². The second-order valence-corrected chi connectivity index (χ2v) is 4.98. The summed E-state index contributed by atoms with van der Waals surface area (Å²) in [4.78, 5) is 12.7. The first kappa shape index (κ1) is 11.6. The van der Waals surface area contributed by atoms with Gasteiger partial charge in [-0.15, -0.1) is 0 Å². The Kier molecular flexibility index (Phi) is 2.76. The largest absolute Gasteiger partial charge is 0.480 e. The lowest BCUT2D eigenvalue weighted by atomic mass is 10.2. The molecule has 1 aromatic carbocycles. The fraction of sp³-hybridized carbons (Fsp3) is 0.308. The average molecular weight is 265 g/mol. The first-order valence-corrected chi connectivity index (χ1v) is 6.24. The van der Waals surface area contributed by atoms with Crippen LogP contribution in [0.25, 0.3) is 10.9 Å². The SMILES string of the molecule is O=C(O)CN1CCn2c(cc3cccc(Cl)c32)C1. The van der Waals surface area contributed by atoms with Crippen molar-refractivity contribution >= 4 is 28.5 Å². The fourth-order valence-electron chi connectivity index (χ4n) is 2.60. The van der Waals surface area contributed by atoms with E-state index in [0.717, 1.165) is 34.7 Å². The van der Waals surface area contributed by atoms with Gasteiger partial charge in [0.1, 0.15) is 0 Å². The molecule has 5 heteroatoms. The minimum absolute atomic E-state index is 0.0925. The Morgan fingerprint density at radius 1 is 1.39 bits per heavy atom. The van der Waals surface area contributed by atoms with Crippen LogP contribution in [-0.4, -0.2) is 33.6 Å². The summed E-state index contributed by atoms with van der Waals surface area (Å²) in [5.74, 6) is -0.780. The number of carbonyl (C=O) groups is 1. The van der Waals surface area contributed by atoms with Gasteiger partial charge in [0.2, 0.25) is 0 Å². The minimum Gasteiger partial charge on any atom is -0.480 e. The van der Waals surface area contributed by atoms with E-state index < -0.39 is 5.97 Å². The number of hydrogen-bond acceptors (Lipinski definition) is 2. The summed E-state index contributed by atoms with van der Waals surface area (Å²) in [7, 11) is 0. The highest BCUT2D eigenvalue weighted by molar-refractivity contribution is 6.35. The van der Waals surface area contributed by atoms with Gasteiger partial charge in [-0.25, -0.2) is 0 Å². The zero-order chi connectivity index (χ0) is 12.7. The molecule has 1 N–H and O–H groups in total. The van der Waals surface area contributed by atoms with Gasteiger partial charge in [0.15, 0.2) is 0 Å². The summed E-state index contributed by atoms with van der Waals surface area (Å²) < 4.78 is 2.19. The maximum atomic E-state index is 10.7. The van der Waals surface area contributed by atoms with E-state index in [9.17, 15) is 4.79 Å². The first-order chi connectivity index (χ1) is 8.65. The summed E-state index contributed by atoms with van der Waals surface area (Å²) in [5, 5.41) is 10.7. The van der Waals surface area contributed by atoms with E-state index in [1.807, 2.05) is 23.1 Å². The highest BCUT2D eigenvalue weighted by Crippen LogP contribution is 2.29. The van der Waals surface area contributed by atoms with Crippen LogP contribution in [-0.2, 0) is 17.9 Å². The minimum atomic E-state index is -0.780. The van der Waals surface area contributed by atoms with Gasteiger partial charge < -0.3 is 9.67 Å². The number of para-hydroxylation sites is 1. The number of halogens is 1. The Hall–Kier alpha value is -1.52. The molecule has 94 valence electrons. The first-order valence-electron chi connectivity index (χ1n) is 5.86. The van der Waals surface area contributed by atoms with Gasteiger partial charge in [0.05, 0.1) is 17.1 Å². The summed E-state index contributed by atoms with van der Waals surface area (Å²) >= 11 is 6.23. The van der Waals surface area contributed by atoms with Gasteiger partial charge in [-0.3, -0.25) is 9.69 Å². The van der Waals surface area contributed by atoms with Crippen molar-refractivity contribution in [2.45, 2.75) is 13.1 Å². The van der Waals surface area contributed by atoms with Crippen molar-refractivity contribution in [2.75, 3.05) is 13.1 Å². The van der Waals surface area contributed by atoms with Gasteiger partial charge in [0.25, 0.3) is 0 Å². The highest BCUT2D eigenvalue weighted by Gasteiger charge is 2.20. The molecule has 1 aliphatic heterocycles. The molecule has 3 rings (SSSR count). The lowest BCUT2D eigenvalue weighted by molar-refractivity contribution is -0.138. The number of carboxylic acid groups (broad SMARTS) is 1. The quantitative estimate of drug-likeness (QED) is 0.904. The van der Waals surface area contributed by atoms with Crippen molar-refractivity contribution in [3.63, 3.8) is 0 Å². The number of rotatable bonds is 2. The van der Waals surface area contributed by atoms with Crippen LogP contribution in [0, 0.1) is 0 Å². The van der Waals surface area contributed by atoms with E-state index in [0.29, 0.717) is 6.54 Å². The van der Waals surface area contributed by atoms with Crippen LogP contribution < -0.4 is 0 Å². The lowest BCUT2D eigenvalue weighted by Gasteiger charge is -2.27. The van der Waals surface area contributed by atoms with E-state index >= 15 is 0 Å². The van der Waals surface area contributed by atoms with Crippen molar-refractivity contribution < 1.29 is 9.90 Å². The number of benzene rings is 1. The number of hydrogen-bond donors (Lipinski definition) is 1. The van der Waals surface area contributed by atoms with Crippen molar-refractivity contribution in [3.05, 3.63) is 35.0 Å². The number of fused-ring (bicyclic) bond motifs is 3. The predicted octanol–water partition coefficient (Wildman–Crippen LogP) is 2.19. The van der Waals surface area contributed by atoms with Gasteiger partial charge in [-0.2, -0.15) is 0 Å². The maximum Gasteiger partial charge on any atom is 0.317 e. The van der Waals surface area contributed by atoms with Crippen LogP contribution in [0.1, 0.15) is 5.69 Å². The number of aromatic nitrogens is 1. The summed E-state index contributed by atoms with van der Waals surface area (Å²) in [6.07, 6.45) is 0. The molecule has 0 amide bonds. The molecule has 0 aliphatic carbocycles. The molecule has 0 radical (unpaired) electrons. The topological polar surface area (TPSA) is 45.5 Å².